The number of hydrogen-bond acceptors (Lipinski definition) is 4. The van der Waals surface area contributed by atoms with Crippen LogP contribution in [-0.4, -0.2) is 29.7 Å². The van der Waals surface area contributed by atoms with Gasteiger partial charge >= 0.3 is 0 Å². The van der Waals surface area contributed by atoms with Gasteiger partial charge in [-0.15, -0.1) is 0 Å². The normalized spacial score (nSPS) is 11.1. The first-order chi connectivity index (χ1) is 7.74. The van der Waals surface area contributed by atoms with E-state index in [1.807, 2.05) is 6.20 Å². The number of rotatable bonds is 1. The molecule has 0 aliphatic carbocycles. The molecule has 0 radical (unpaired) electrons. The quantitative estimate of drug-likeness (QED) is 0.539. The lowest BCUT2D eigenvalue weighted by atomic mass is 10.5. The second-order valence-corrected chi connectivity index (χ2v) is 4.60. The Morgan fingerprint density at radius 2 is 2.25 bits per heavy atom. The highest BCUT2D eigenvalue weighted by Crippen LogP contribution is 2.18. The van der Waals surface area contributed by atoms with Crippen LogP contribution in [0, 0.1) is 3.57 Å². The van der Waals surface area contributed by atoms with Crippen molar-refractivity contribution in [3.63, 3.8) is 0 Å². The molecule has 0 aliphatic rings. The highest BCUT2D eigenvalue weighted by molar-refractivity contribution is 14.1. The summed E-state index contributed by atoms with van der Waals surface area (Å²) in [5.74, 6) is 0.593. The molecule has 0 saturated carbocycles. The number of hydrogen-bond donors (Lipinski definition) is 1. The van der Waals surface area contributed by atoms with Crippen molar-refractivity contribution in [2.45, 2.75) is 0 Å². The molecular weight excluding hydrogens is 342 g/mol. The number of halogens is 2. The van der Waals surface area contributed by atoms with E-state index in [1.165, 1.54) is 0 Å². The lowest BCUT2D eigenvalue weighted by Gasteiger charge is -2.01. The van der Waals surface area contributed by atoms with E-state index in [2.05, 4.69) is 47.6 Å². The average molecular weight is 347 g/mol. The highest BCUT2D eigenvalue weighted by Gasteiger charge is 2.11. The topological polar surface area (TPSA) is 72.3 Å². The third-order valence-corrected chi connectivity index (χ3v) is 2.73. The molecule has 3 aromatic heterocycles. The van der Waals surface area contributed by atoms with Gasteiger partial charge in [-0.05, 0) is 34.2 Å². The summed E-state index contributed by atoms with van der Waals surface area (Å²) in [6, 6.07) is 0. The minimum atomic E-state index is 0.153. The van der Waals surface area contributed by atoms with Crippen LogP contribution in [0.2, 0.25) is 5.28 Å². The van der Waals surface area contributed by atoms with Gasteiger partial charge in [0.05, 0.1) is 16.1 Å². The summed E-state index contributed by atoms with van der Waals surface area (Å²) in [5, 5.41) is 4.32. The molecule has 0 aromatic carbocycles. The predicted octanol–water partition coefficient (Wildman–Crippen LogP) is 1.80. The molecule has 0 fully saturated rings. The van der Waals surface area contributed by atoms with E-state index in [-0.39, 0.29) is 5.28 Å². The maximum atomic E-state index is 5.82. The fraction of sp³-hybridized carbons (Fsp3) is 0. The molecule has 0 bridgehead atoms. The van der Waals surface area contributed by atoms with Crippen molar-refractivity contribution in [1.29, 1.82) is 0 Å². The number of nitrogens with one attached hydrogen (secondary N) is 1. The molecule has 80 valence electrons. The summed E-state index contributed by atoms with van der Waals surface area (Å²) in [6.45, 7) is 0. The number of imidazole rings is 1. The Morgan fingerprint density at radius 1 is 1.38 bits per heavy atom. The third kappa shape index (κ3) is 1.55. The molecule has 0 amide bonds. The van der Waals surface area contributed by atoms with Crippen LogP contribution in [0.15, 0.2) is 18.7 Å². The molecule has 0 spiro atoms. The van der Waals surface area contributed by atoms with Crippen LogP contribution in [0.25, 0.3) is 17.0 Å². The SMILES string of the molecule is Clc1nc(-n2cc(I)cn2)c2[nH]cnc2n1. The van der Waals surface area contributed by atoms with E-state index in [4.69, 9.17) is 11.6 Å². The van der Waals surface area contributed by atoms with Crippen LogP contribution in [-0.2, 0) is 0 Å². The van der Waals surface area contributed by atoms with Crippen molar-refractivity contribution in [1.82, 2.24) is 29.7 Å². The second kappa shape index (κ2) is 3.67. The molecule has 3 rings (SSSR count). The molecule has 0 saturated heterocycles. The zero-order valence-corrected chi connectivity index (χ0v) is 10.6. The van der Waals surface area contributed by atoms with Gasteiger partial charge in [-0.25, -0.2) is 9.67 Å². The van der Waals surface area contributed by atoms with Crippen LogP contribution >= 0.6 is 34.2 Å². The molecule has 0 aliphatic heterocycles. The van der Waals surface area contributed by atoms with Gasteiger partial charge in [-0.1, -0.05) is 0 Å². The molecule has 1 N–H and O–H groups in total. The van der Waals surface area contributed by atoms with Crippen molar-refractivity contribution in [3.8, 4) is 5.82 Å². The van der Waals surface area contributed by atoms with Crippen molar-refractivity contribution in [2.75, 3.05) is 0 Å². The first-order valence-electron chi connectivity index (χ1n) is 4.31. The van der Waals surface area contributed by atoms with E-state index in [0.717, 1.165) is 3.57 Å². The Hall–Kier alpha value is -1.22. The van der Waals surface area contributed by atoms with Crippen LogP contribution < -0.4 is 0 Å². The van der Waals surface area contributed by atoms with E-state index >= 15 is 0 Å². The molecule has 16 heavy (non-hydrogen) atoms. The van der Waals surface area contributed by atoms with Gasteiger partial charge in [-0.2, -0.15) is 15.1 Å². The van der Waals surface area contributed by atoms with Crippen LogP contribution in [0.3, 0.4) is 0 Å². The van der Waals surface area contributed by atoms with Crippen LogP contribution in [0.4, 0.5) is 0 Å². The lowest BCUT2D eigenvalue weighted by Crippen LogP contribution is -2.01. The smallest absolute Gasteiger partial charge is 0.226 e. The maximum Gasteiger partial charge on any atom is 0.226 e. The molecule has 6 nitrogen and oxygen atoms in total. The Labute approximate surface area is 108 Å². The largest absolute Gasteiger partial charge is 0.340 e. The Bertz CT molecular complexity index is 659. The van der Waals surface area contributed by atoms with Crippen molar-refractivity contribution >= 4 is 45.4 Å². The van der Waals surface area contributed by atoms with E-state index in [0.29, 0.717) is 17.0 Å². The lowest BCUT2D eigenvalue weighted by molar-refractivity contribution is 0.848. The van der Waals surface area contributed by atoms with Gasteiger partial charge in [-0.3, -0.25) is 0 Å². The molecule has 8 heteroatoms. The first kappa shape index (κ1) is 9.97. The fourth-order valence-electron chi connectivity index (χ4n) is 1.37. The van der Waals surface area contributed by atoms with Crippen LogP contribution in [0.1, 0.15) is 0 Å². The Balaban J connectivity index is 2.33. The van der Waals surface area contributed by atoms with Gasteiger partial charge < -0.3 is 4.98 Å². The average Bonchev–Trinajstić information content (AvgIpc) is 2.84. The minimum Gasteiger partial charge on any atom is -0.340 e. The Morgan fingerprint density at radius 3 is 3.00 bits per heavy atom. The molecule has 0 atom stereocenters. The van der Waals surface area contributed by atoms with Gasteiger partial charge in [0, 0.05) is 6.20 Å². The summed E-state index contributed by atoms with van der Waals surface area (Å²) in [7, 11) is 0. The van der Waals surface area contributed by atoms with Gasteiger partial charge in [0.15, 0.2) is 11.5 Å². The van der Waals surface area contributed by atoms with Gasteiger partial charge in [0.25, 0.3) is 0 Å². The first-order valence-corrected chi connectivity index (χ1v) is 5.77. The monoisotopic (exact) mass is 346 g/mol. The van der Waals surface area contributed by atoms with Crippen molar-refractivity contribution in [3.05, 3.63) is 27.6 Å². The van der Waals surface area contributed by atoms with Gasteiger partial charge in [0.2, 0.25) is 5.28 Å². The predicted molar refractivity (Wildman–Crippen MR) is 66.5 cm³/mol. The number of H-pyrrole nitrogens is 1. The van der Waals surface area contributed by atoms with Crippen molar-refractivity contribution in [2.24, 2.45) is 0 Å². The highest BCUT2D eigenvalue weighted by atomic mass is 127. The van der Waals surface area contributed by atoms with E-state index < -0.39 is 0 Å². The van der Waals surface area contributed by atoms with Crippen LogP contribution in [0.5, 0.6) is 0 Å². The zero-order chi connectivity index (χ0) is 11.1. The molecular formula is C8H4ClIN6. The molecule has 3 heterocycles. The maximum absolute atomic E-state index is 5.82. The second-order valence-electron chi connectivity index (χ2n) is 3.02. The summed E-state index contributed by atoms with van der Waals surface area (Å²) in [5.41, 5.74) is 1.24. The summed E-state index contributed by atoms with van der Waals surface area (Å²) >= 11 is 7.99. The van der Waals surface area contributed by atoms with E-state index in [1.54, 1.807) is 17.2 Å². The zero-order valence-electron chi connectivity index (χ0n) is 7.72. The van der Waals surface area contributed by atoms with E-state index in [9.17, 15) is 0 Å². The summed E-state index contributed by atoms with van der Waals surface area (Å²) in [6.07, 6.45) is 5.13. The number of aromatic nitrogens is 6. The fourth-order valence-corrected chi connectivity index (χ4v) is 1.92. The molecule has 0 unspecified atom stereocenters. The number of aromatic amines is 1. The number of nitrogens with zero attached hydrogens (tertiary/aromatic N) is 5. The van der Waals surface area contributed by atoms with Crippen molar-refractivity contribution < 1.29 is 0 Å². The summed E-state index contributed by atoms with van der Waals surface area (Å²) < 4.78 is 2.65. The summed E-state index contributed by atoms with van der Waals surface area (Å²) in [4.78, 5) is 15.1. The third-order valence-electron chi connectivity index (χ3n) is 2.01. The van der Waals surface area contributed by atoms with Gasteiger partial charge in [0.1, 0.15) is 5.52 Å². The number of fused-ring (bicyclic) bond motifs is 1. The Kier molecular flexibility index (Phi) is 2.28. The minimum absolute atomic E-state index is 0.153. The molecule has 3 aromatic rings. The standard InChI is InChI=1S/C8H4ClIN6/c9-8-14-6-5(11-3-12-6)7(15-8)16-2-4(10)1-13-16/h1-3H,(H,11,12,14,15).